The van der Waals surface area contributed by atoms with Crippen LogP contribution in [0.4, 0.5) is 0 Å². The van der Waals surface area contributed by atoms with Crippen LogP contribution in [0.1, 0.15) is 18.9 Å². The first kappa shape index (κ1) is 20.8. The van der Waals surface area contributed by atoms with Gasteiger partial charge < -0.3 is 15.4 Å². The SMILES string of the molecule is CN=C(NCCCc1ccc(Cl)cc1Cl)NCC1(C)COC1.I. The minimum atomic E-state index is 0. The molecule has 0 amide bonds. The standard InChI is InChI=1S/C16H23Cl2N3O.HI/c1-16(10-22-11-16)9-21-15(19-2)20-7-3-4-12-5-6-13(17)8-14(12)18;/h5-6,8H,3-4,7,9-11H2,1-2H3,(H2,19,20,21);1H. The zero-order valence-corrected chi connectivity index (χ0v) is 17.3. The maximum absolute atomic E-state index is 6.17. The van der Waals surface area contributed by atoms with Crippen molar-refractivity contribution in [2.24, 2.45) is 10.4 Å². The topological polar surface area (TPSA) is 45.7 Å². The van der Waals surface area contributed by atoms with Gasteiger partial charge in [-0.3, -0.25) is 4.99 Å². The molecular formula is C16H24Cl2IN3O. The third kappa shape index (κ3) is 6.64. The highest BCUT2D eigenvalue weighted by Crippen LogP contribution is 2.25. The number of nitrogens with one attached hydrogen (secondary N) is 2. The number of benzene rings is 1. The zero-order valence-electron chi connectivity index (χ0n) is 13.5. The van der Waals surface area contributed by atoms with E-state index >= 15 is 0 Å². The summed E-state index contributed by atoms with van der Waals surface area (Å²) < 4.78 is 5.25. The van der Waals surface area contributed by atoms with Gasteiger partial charge in [0, 0.05) is 35.6 Å². The van der Waals surface area contributed by atoms with Crippen molar-refractivity contribution >= 4 is 53.1 Å². The summed E-state index contributed by atoms with van der Waals surface area (Å²) in [6.07, 6.45) is 1.88. The highest BCUT2D eigenvalue weighted by Gasteiger charge is 2.33. The third-order valence-corrected chi connectivity index (χ3v) is 4.32. The highest BCUT2D eigenvalue weighted by atomic mass is 127. The number of ether oxygens (including phenoxy) is 1. The maximum Gasteiger partial charge on any atom is 0.190 e. The summed E-state index contributed by atoms with van der Waals surface area (Å²) in [4.78, 5) is 4.23. The third-order valence-electron chi connectivity index (χ3n) is 3.74. The van der Waals surface area contributed by atoms with Crippen molar-refractivity contribution in [3.8, 4) is 0 Å². The molecule has 4 nitrogen and oxygen atoms in total. The molecular weight excluding hydrogens is 448 g/mol. The van der Waals surface area contributed by atoms with E-state index in [2.05, 4.69) is 22.5 Å². The maximum atomic E-state index is 6.17. The molecule has 0 aromatic heterocycles. The number of rotatable bonds is 6. The summed E-state index contributed by atoms with van der Waals surface area (Å²) in [6.45, 7) is 5.54. The second-order valence-electron chi connectivity index (χ2n) is 6.00. The molecule has 1 heterocycles. The Bertz CT molecular complexity index is 536. The zero-order chi connectivity index (χ0) is 16.0. The Morgan fingerprint density at radius 1 is 1.30 bits per heavy atom. The van der Waals surface area contributed by atoms with Crippen LogP contribution in [0.15, 0.2) is 23.2 Å². The van der Waals surface area contributed by atoms with Crippen LogP contribution in [0.25, 0.3) is 0 Å². The van der Waals surface area contributed by atoms with Crippen LogP contribution >= 0.6 is 47.2 Å². The summed E-state index contributed by atoms with van der Waals surface area (Å²) in [5.74, 6) is 0.829. The summed E-state index contributed by atoms with van der Waals surface area (Å²) >= 11 is 12.1. The Balaban J connectivity index is 0.00000264. The van der Waals surface area contributed by atoms with Gasteiger partial charge in [0.1, 0.15) is 0 Å². The molecule has 2 N–H and O–H groups in total. The fraction of sp³-hybridized carbons (Fsp3) is 0.562. The average molecular weight is 472 g/mol. The van der Waals surface area contributed by atoms with Gasteiger partial charge in [-0.25, -0.2) is 0 Å². The van der Waals surface area contributed by atoms with Crippen molar-refractivity contribution in [2.45, 2.75) is 19.8 Å². The minimum Gasteiger partial charge on any atom is -0.380 e. The van der Waals surface area contributed by atoms with Gasteiger partial charge in [-0.15, -0.1) is 24.0 Å². The molecule has 7 heteroatoms. The van der Waals surface area contributed by atoms with E-state index in [9.17, 15) is 0 Å². The lowest BCUT2D eigenvalue weighted by atomic mass is 9.89. The molecule has 1 aromatic carbocycles. The first-order valence-electron chi connectivity index (χ1n) is 7.49. The van der Waals surface area contributed by atoms with Gasteiger partial charge in [-0.2, -0.15) is 0 Å². The fourth-order valence-corrected chi connectivity index (χ4v) is 2.78. The van der Waals surface area contributed by atoms with Crippen LogP contribution in [-0.2, 0) is 11.2 Å². The summed E-state index contributed by atoms with van der Waals surface area (Å²) in [6, 6.07) is 5.64. The van der Waals surface area contributed by atoms with Crippen molar-refractivity contribution in [2.75, 3.05) is 33.4 Å². The molecule has 1 aromatic rings. The molecule has 0 unspecified atom stereocenters. The first-order chi connectivity index (χ1) is 10.5. The largest absolute Gasteiger partial charge is 0.380 e. The van der Waals surface area contributed by atoms with Gasteiger partial charge >= 0.3 is 0 Å². The molecule has 0 spiro atoms. The highest BCUT2D eigenvalue weighted by molar-refractivity contribution is 14.0. The Hall–Kier alpha value is -0.240. The van der Waals surface area contributed by atoms with Gasteiger partial charge in [-0.05, 0) is 30.5 Å². The summed E-state index contributed by atoms with van der Waals surface area (Å²) in [5.41, 5.74) is 1.35. The normalized spacial score (nSPS) is 16.3. The van der Waals surface area contributed by atoms with E-state index < -0.39 is 0 Å². The van der Waals surface area contributed by atoms with Gasteiger partial charge in [0.2, 0.25) is 0 Å². The van der Waals surface area contributed by atoms with Crippen LogP contribution in [0.3, 0.4) is 0 Å². The number of nitrogens with zero attached hydrogens (tertiary/aromatic N) is 1. The molecule has 1 saturated heterocycles. The second-order valence-corrected chi connectivity index (χ2v) is 6.84. The smallest absolute Gasteiger partial charge is 0.190 e. The lowest BCUT2D eigenvalue weighted by Crippen LogP contribution is -2.51. The summed E-state index contributed by atoms with van der Waals surface area (Å²) in [5, 5.41) is 8.07. The lowest BCUT2D eigenvalue weighted by Gasteiger charge is -2.38. The van der Waals surface area contributed by atoms with E-state index in [1.54, 1.807) is 13.1 Å². The van der Waals surface area contributed by atoms with Gasteiger partial charge in [0.15, 0.2) is 5.96 Å². The van der Waals surface area contributed by atoms with Gasteiger partial charge in [-0.1, -0.05) is 36.2 Å². The monoisotopic (exact) mass is 471 g/mol. The number of aryl methyl sites for hydroxylation is 1. The molecule has 23 heavy (non-hydrogen) atoms. The Kier molecular flexibility index (Phi) is 8.97. The molecule has 1 aliphatic heterocycles. The average Bonchev–Trinajstić information content (AvgIpc) is 2.46. The van der Waals surface area contributed by atoms with Crippen LogP contribution in [0.2, 0.25) is 10.0 Å². The van der Waals surface area contributed by atoms with Crippen molar-refractivity contribution in [3.63, 3.8) is 0 Å². The first-order valence-corrected chi connectivity index (χ1v) is 8.24. The number of halogens is 3. The summed E-state index contributed by atoms with van der Waals surface area (Å²) in [7, 11) is 1.78. The fourth-order valence-electron chi connectivity index (χ4n) is 2.28. The van der Waals surface area contributed by atoms with E-state index in [1.165, 1.54) is 0 Å². The van der Waals surface area contributed by atoms with Gasteiger partial charge in [0.05, 0.1) is 13.2 Å². The predicted molar refractivity (Wildman–Crippen MR) is 108 cm³/mol. The van der Waals surface area contributed by atoms with Crippen LogP contribution in [0, 0.1) is 5.41 Å². The Labute approximate surface area is 165 Å². The van der Waals surface area contributed by atoms with E-state index in [-0.39, 0.29) is 29.4 Å². The predicted octanol–water partition coefficient (Wildman–Crippen LogP) is 3.75. The van der Waals surface area contributed by atoms with Crippen molar-refractivity contribution in [1.29, 1.82) is 0 Å². The Morgan fingerprint density at radius 3 is 2.61 bits per heavy atom. The molecule has 0 bridgehead atoms. The number of hydrogen-bond acceptors (Lipinski definition) is 2. The molecule has 1 aliphatic rings. The second kappa shape index (κ2) is 9.91. The molecule has 0 saturated carbocycles. The van der Waals surface area contributed by atoms with E-state index in [4.69, 9.17) is 27.9 Å². The molecule has 0 aliphatic carbocycles. The molecule has 1 fully saturated rings. The molecule has 0 radical (unpaired) electrons. The van der Waals surface area contributed by atoms with E-state index in [0.29, 0.717) is 5.02 Å². The van der Waals surface area contributed by atoms with E-state index in [0.717, 1.165) is 55.7 Å². The molecule has 0 atom stereocenters. The molecule has 2 rings (SSSR count). The molecule has 130 valence electrons. The van der Waals surface area contributed by atoms with Crippen molar-refractivity contribution in [1.82, 2.24) is 10.6 Å². The van der Waals surface area contributed by atoms with Crippen LogP contribution < -0.4 is 10.6 Å². The minimum absolute atomic E-state index is 0. The quantitative estimate of drug-likeness (QED) is 0.287. The van der Waals surface area contributed by atoms with Gasteiger partial charge in [0.25, 0.3) is 0 Å². The number of hydrogen-bond donors (Lipinski definition) is 2. The Morgan fingerprint density at radius 2 is 2.04 bits per heavy atom. The number of guanidine groups is 1. The lowest BCUT2D eigenvalue weighted by molar-refractivity contribution is -0.0971. The van der Waals surface area contributed by atoms with Crippen LogP contribution in [0.5, 0.6) is 0 Å². The van der Waals surface area contributed by atoms with Crippen LogP contribution in [-0.4, -0.2) is 39.3 Å². The van der Waals surface area contributed by atoms with Crippen molar-refractivity contribution < 1.29 is 4.74 Å². The number of aliphatic imine (C=N–C) groups is 1. The van der Waals surface area contributed by atoms with Crippen molar-refractivity contribution in [3.05, 3.63) is 33.8 Å². The van der Waals surface area contributed by atoms with E-state index in [1.807, 2.05) is 12.1 Å².